The number of thiocarbonyl (C=S) groups is 1. The van der Waals surface area contributed by atoms with E-state index in [4.69, 9.17) is 12.2 Å². The zero-order valence-corrected chi connectivity index (χ0v) is 14.6. The molecule has 0 bridgehead atoms. The molecule has 0 unspecified atom stereocenters. The Hall–Kier alpha value is -2.48. The molecule has 0 atom stereocenters. The molecule has 0 aromatic heterocycles. The highest BCUT2D eigenvalue weighted by molar-refractivity contribution is 7.80. The molecule has 8 heteroatoms. The van der Waals surface area contributed by atoms with Gasteiger partial charge in [0, 0.05) is 24.1 Å². The van der Waals surface area contributed by atoms with Crippen LogP contribution in [0.5, 0.6) is 0 Å². The first kappa shape index (κ1) is 19.6. The zero-order chi connectivity index (χ0) is 17.9. The summed E-state index contributed by atoms with van der Waals surface area (Å²) < 4.78 is 0. The minimum atomic E-state index is -0.409. The number of benzene rings is 1. The standard InChI is InChI=1S/C16H22N4O3S/c1-3-5-6-14(22)18-16(24)20-19-15(23)11-7-9-12(10-8-11)17-13(21)4-2/h7-10H,3-6H2,1-2H3,(H,17,21)(H,19,23)(H2,18,20,22,24). The van der Waals surface area contributed by atoms with Gasteiger partial charge >= 0.3 is 0 Å². The minimum absolute atomic E-state index is 0.0382. The second kappa shape index (κ2) is 10.3. The number of carbonyl (C=O) groups is 3. The summed E-state index contributed by atoms with van der Waals surface area (Å²) in [7, 11) is 0. The molecule has 1 aromatic rings. The molecule has 1 rings (SSSR count). The monoisotopic (exact) mass is 350 g/mol. The Labute approximate surface area is 146 Å². The molecule has 0 heterocycles. The number of unbranched alkanes of at least 4 members (excludes halogenated alkanes) is 1. The summed E-state index contributed by atoms with van der Waals surface area (Å²) in [5.74, 6) is -0.703. The first-order chi connectivity index (χ1) is 11.5. The van der Waals surface area contributed by atoms with Gasteiger partial charge in [0.15, 0.2) is 5.11 Å². The summed E-state index contributed by atoms with van der Waals surface area (Å²) in [5.41, 5.74) is 5.88. The van der Waals surface area contributed by atoms with Gasteiger partial charge in [0.1, 0.15) is 0 Å². The third-order valence-electron chi connectivity index (χ3n) is 3.05. The second-order valence-electron chi connectivity index (χ2n) is 5.04. The summed E-state index contributed by atoms with van der Waals surface area (Å²) in [6.07, 6.45) is 2.46. The number of carbonyl (C=O) groups excluding carboxylic acids is 3. The summed E-state index contributed by atoms with van der Waals surface area (Å²) in [4.78, 5) is 34.7. The predicted molar refractivity (Wildman–Crippen MR) is 96.2 cm³/mol. The lowest BCUT2D eigenvalue weighted by molar-refractivity contribution is -0.120. The Balaban J connectivity index is 2.43. The van der Waals surface area contributed by atoms with Crippen LogP contribution in [0.2, 0.25) is 0 Å². The number of hydrogen-bond donors (Lipinski definition) is 4. The van der Waals surface area contributed by atoms with Crippen LogP contribution in [0.25, 0.3) is 0 Å². The zero-order valence-electron chi connectivity index (χ0n) is 13.8. The van der Waals surface area contributed by atoms with Crippen molar-refractivity contribution in [2.24, 2.45) is 0 Å². The van der Waals surface area contributed by atoms with Crippen LogP contribution < -0.4 is 21.5 Å². The Kier molecular flexibility index (Phi) is 8.42. The summed E-state index contributed by atoms with van der Waals surface area (Å²) in [6.45, 7) is 3.75. The van der Waals surface area contributed by atoms with Gasteiger partial charge in [-0.05, 0) is 42.9 Å². The lowest BCUT2D eigenvalue weighted by Crippen LogP contribution is -2.48. The Bertz CT molecular complexity index is 602. The quantitative estimate of drug-likeness (QED) is 0.464. The van der Waals surface area contributed by atoms with Crippen molar-refractivity contribution in [3.8, 4) is 0 Å². The van der Waals surface area contributed by atoms with E-state index in [1.54, 1.807) is 31.2 Å². The van der Waals surface area contributed by atoms with E-state index in [-0.39, 0.29) is 16.9 Å². The van der Waals surface area contributed by atoms with E-state index in [1.165, 1.54) is 0 Å². The fraction of sp³-hybridized carbons (Fsp3) is 0.375. The maximum atomic E-state index is 12.0. The van der Waals surface area contributed by atoms with Crippen molar-refractivity contribution in [3.63, 3.8) is 0 Å². The third-order valence-corrected chi connectivity index (χ3v) is 3.26. The normalized spacial score (nSPS) is 9.75. The number of hydrogen-bond acceptors (Lipinski definition) is 4. The van der Waals surface area contributed by atoms with Crippen molar-refractivity contribution in [3.05, 3.63) is 29.8 Å². The van der Waals surface area contributed by atoms with Crippen molar-refractivity contribution in [1.29, 1.82) is 0 Å². The van der Waals surface area contributed by atoms with E-state index in [0.29, 0.717) is 24.1 Å². The molecule has 0 fully saturated rings. The van der Waals surface area contributed by atoms with E-state index in [2.05, 4.69) is 21.5 Å². The predicted octanol–water partition coefficient (Wildman–Crippen LogP) is 1.86. The van der Waals surface area contributed by atoms with Gasteiger partial charge in [-0.1, -0.05) is 20.3 Å². The molecule has 24 heavy (non-hydrogen) atoms. The van der Waals surface area contributed by atoms with Crippen LogP contribution in [0, 0.1) is 0 Å². The Morgan fingerprint density at radius 1 is 1.00 bits per heavy atom. The maximum absolute atomic E-state index is 12.0. The van der Waals surface area contributed by atoms with Crippen LogP contribution >= 0.6 is 12.2 Å². The molecule has 0 saturated heterocycles. The van der Waals surface area contributed by atoms with E-state index >= 15 is 0 Å². The summed E-state index contributed by atoms with van der Waals surface area (Å²) >= 11 is 4.93. The molecule has 0 saturated carbocycles. The van der Waals surface area contributed by atoms with Gasteiger partial charge in [0.2, 0.25) is 11.8 Å². The number of nitrogens with one attached hydrogen (secondary N) is 4. The highest BCUT2D eigenvalue weighted by atomic mass is 32.1. The summed E-state index contributed by atoms with van der Waals surface area (Å²) in [6, 6.07) is 6.41. The van der Waals surface area contributed by atoms with Crippen LogP contribution in [-0.4, -0.2) is 22.8 Å². The fourth-order valence-electron chi connectivity index (χ4n) is 1.70. The van der Waals surface area contributed by atoms with E-state index in [1.807, 2.05) is 6.92 Å². The van der Waals surface area contributed by atoms with Crippen LogP contribution in [0.1, 0.15) is 49.9 Å². The van der Waals surface area contributed by atoms with Crippen LogP contribution in [-0.2, 0) is 9.59 Å². The van der Waals surface area contributed by atoms with Gasteiger partial charge in [0.25, 0.3) is 5.91 Å². The maximum Gasteiger partial charge on any atom is 0.269 e. The molecule has 130 valence electrons. The minimum Gasteiger partial charge on any atom is -0.326 e. The number of anilines is 1. The molecular weight excluding hydrogens is 328 g/mol. The number of rotatable bonds is 6. The second-order valence-corrected chi connectivity index (χ2v) is 5.45. The van der Waals surface area contributed by atoms with Crippen LogP contribution in [0.3, 0.4) is 0 Å². The lowest BCUT2D eigenvalue weighted by Gasteiger charge is -2.11. The largest absolute Gasteiger partial charge is 0.326 e. The Morgan fingerprint density at radius 2 is 1.67 bits per heavy atom. The molecule has 0 aliphatic carbocycles. The third kappa shape index (κ3) is 7.19. The van der Waals surface area contributed by atoms with Crippen LogP contribution in [0.4, 0.5) is 5.69 Å². The smallest absolute Gasteiger partial charge is 0.269 e. The summed E-state index contributed by atoms with van der Waals surface area (Å²) in [5, 5.41) is 5.21. The number of amides is 3. The first-order valence-corrected chi connectivity index (χ1v) is 8.17. The van der Waals surface area contributed by atoms with Crippen molar-refractivity contribution < 1.29 is 14.4 Å². The van der Waals surface area contributed by atoms with Gasteiger partial charge in [-0.2, -0.15) is 0 Å². The average molecular weight is 350 g/mol. The van der Waals surface area contributed by atoms with Crippen LogP contribution in [0.15, 0.2) is 24.3 Å². The SMILES string of the molecule is CCCCC(=O)NC(=S)NNC(=O)c1ccc(NC(=O)CC)cc1. The molecule has 7 nitrogen and oxygen atoms in total. The Morgan fingerprint density at radius 3 is 2.25 bits per heavy atom. The molecule has 0 aliphatic heterocycles. The molecule has 0 aliphatic rings. The molecule has 3 amide bonds. The van der Waals surface area contributed by atoms with Gasteiger partial charge in [-0.25, -0.2) is 0 Å². The highest BCUT2D eigenvalue weighted by Gasteiger charge is 2.08. The molecular formula is C16H22N4O3S. The molecule has 1 aromatic carbocycles. The first-order valence-electron chi connectivity index (χ1n) is 7.76. The van der Waals surface area contributed by atoms with E-state index < -0.39 is 5.91 Å². The van der Waals surface area contributed by atoms with Gasteiger partial charge < -0.3 is 10.6 Å². The van der Waals surface area contributed by atoms with E-state index in [0.717, 1.165) is 12.8 Å². The van der Waals surface area contributed by atoms with Crippen molar-refractivity contribution in [2.75, 3.05) is 5.32 Å². The number of hydrazine groups is 1. The van der Waals surface area contributed by atoms with E-state index in [9.17, 15) is 14.4 Å². The van der Waals surface area contributed by atoms with Crippen molar-refractivity contribution >= 4 is 40.7 Å². The highest BCUT2D eigenvalue weighted by Crippen LogP contribution is 2.09. The van der Waals surface area contributed by atoms with Crippen molar-refractivity contribution in [1.82, 2.24) is 16.2 Å². The van der Waals surface area contributed by atoms with Gasteiger partial charge in [0.05, 0.1) is 0 Å². The molecule has 4 N–H and O–H groups in total. The molecule has 0 radical (unpaired) electrons. The average Bonchev–Trinajstić information content (AvgIpc) is 2.58. The lowest BCUT2D eigenvalue weighted by atomic mass is 10.2. The van der Waals surface area contributed by atoms with Gasteiger partial charge in [-0.3, -0.25) is 25.2 Å². The fourth-order valence-corrected chi connectivity index (χ4v) is 1.86. The molecule has 0 spiro atoms. The van der Waals surface area contributed by atoms with Crippen molar-refractivity contribution in [2.45, 2.75) is 39.5 Å². The van der Waals surface area contributed by atoms with Gasteiger partial charge in [-0.15, -0.1) is 0 Å². The topological polar surface area (TPSA) is 99.3 Å².